The lowest BCUT2D eigenvalue weighted by Crippen LogP contribution is -2.43. The lowest BCUT2D eigenvalue weighted by molar-refractivity contribution is 0.0608. The van der Waals surface area contributed by atoms with Crippen LogP contribution in [0.15, 0.2) is 16.7 Å². The average Bonchev–Trinajstić information content (AvgIpc) is 2.58. The molecule has 82 valence electrons. The third-order valence-electron chi connectivity index (χ3n) is 2.64. The number of hydrogen-bond donors (Lipinski definition) is 3. The maximum Gasteiger partial charge on any atom is 0.372 e. The van der Waals surface area contributed by atoms with E-state index in [2.05, 4.69) is 5.32 Å². The number of rotatable bonds is 4. The van der Waals surface area contributed by atoms with Crippen molar-refractivity contribution in [2.75, 3.05) is 0 Å². The van der Waals surface area contributed by atoms with Gasteiger partial charge in [-0.1, -0.05) is 0 Å². The van der Waals surface area contributed by atoms with Crippen LogP contribution in [0.3, 0.4) is 0 Å². The van der Waals surface area contributed by atoms with Crippen LogP contribution in [0.5, 0.6) is 0 Å². The molecule has 1 heterocycles. The second-order valence-electron chi connectivity index (χ2n) is 3.78. The number of nitrogens with one attached hydrogen (secondary N) is 1. The smallest absolute Gasteiger partial charge is 0.372 e. The van der Waals surface area contributed by atoms with Gasteiger partial charge in [0.05, 0.1) is 12.4 Å². The highest BCUT2D eigenvalue weighted by molar-refractivity contribution is 5.86. The molecular formula is C10H13NO4. The third-order valence-corrected chi connectivity index (χ3v) is 2.64. The van der Waals surface area contributed by atoms with Crippen LogP contribution in [-0.4, -0.2) is 28.3 Å². The summed E-state index contributed by atoms with van der Waals surface area (Å²) >= 11 is 0. The van der Waals surface area contributed by atoms with Crippen LogP contribution >= 0.6 is 0 Å². The molecule has 0 amide bonds. The first-order valence-electron chi connectivity index (χ1n) is 4.88. The van der Waals surface area contributed by atoms with Gasteiger partial charge < -0.3 is 19.9 Å². The molecule has 1 aliphatic carbocycles. The quantitative estimate of drug-likeness (QED) is 0.679. The number of hydrogen-bond acceptors (Lipinski definition) is 4. The maximum atomic E-state index is 10.7. The highest BCUT2D eigenvalue weighted by Crippen LogP contribution is 2.20. The molecule has 0 bridgehead atoms. The standard InChI is InChI=1S/C10H13NO4/c12-8-3-7(4-8)11-5-6-1-2-15-9(6)10(13)14/h1-2,7-8,11-12H,3-5H2,(H,13,14). The molecule has 1 saturated carbocycles. The van der Waals surface area contributed by atoms with Crippen LogP contribution in [0.4, 0.5) is 0 Å². The van der Waals surface area contributed by atoms with E-state index in [1.54, 1.807) is 6.07 Å². The molecule has 1 aliphatic rings. The predicted molar refractivity (Wildman–Crippen MR) is 51.5 cm³/mol. The Morgan fingerprint density at radius 3 is 2.93 bits per heavy atom. The second-order valence-corrected chi connectivity index (χ2v) is 3.78. The normalized spacial score (nSPS) is 24.9. The summed E-state index contributed by atoms with van der Waals surface area (Å²) in [7, 11) is 0. The Balaban J connectivity index is 1.88. The molecule has 0 radical (unpaired) electrons. The van der Waals surface area contributed by atoms with Gasteiger partial charge in [0.2, 0.25) is 5.76 Å². The zero-order chi connectivity index (χ0) is 10.8. The Hall–Kier alpha value is -1.33. The first-order valence-corrected chi connectivity index (χ1v) is 4.88. The lowest BCUT2D eigenvalue weighted by Gasteiger charge is -2.32. The Labute approximate surface area is 86.7 Å². The summed E-state index contributed by atoms with van der Waals surface area (Å²) in [6.07, 6.45) is 2.64. The molecule has 0 unspecified atom stereocenters. The van der Waals surface area contributed by atoms with Crippen LogP contribution in [0.1, 0.15) is 29.0 Å². The lowest BCUT2D eigenvalue weighted by atomic mass is 9.89. The number of furan rings is 1. The van der Waals surface area contributed by atoms with Gasteiger partial charge in [0, 0.05) is 18.2 Å². The van der Waals surface area contributed by atoms with Crippen LogP contribution in [0, 0.1) is 0 Å². The average molecular weight is 211 g/mol. The number of carboxylic acids is 1. The highest BCUT2D eigenvalue weighted by Gasteiger charge is 2.27. The van der Waals surface area contributed by atoms with E-state index < -0.39 is 5.97 Å². The van der Waals surface area contributed by atoms with E-state index in [4.69, 9.17) is 14.6 Å². The summed E-state index contributed by atoms with van der Waals surface area (Å²) in [5.41, 5.74) is 0.642. The van der Waals surface area contributed by atoms with Gasteiger partial charge in [-0.15, -0.1) is 0 Å². The van der Waals surface area contributed by atoms with Gasteiger partial charge >= 0.3 is 5.97 Å². The zero-order valence-corrected chi connectivity index (χ0v) is 8.14. The fourth-order valence-electron chi connectivity index (χ4n) is 1.67. The number of carbonyl (C=O) groups is 1. The first-order chi connectivity index (χ1) is 7.16. The van der Waals surface area contributed by atoms with Gasteiger partial charge in [-0.25, -0.2) is 4.79 Å². The monoisotopic (exact) mass is 211 g/mol. The van der Waals surface area contributed by atoms with Gasteiger partial charge in [-0.05, 0) is 18.9 Å². The zero-order valence-electron chi connectivity index (χ0n) is 8.14. The number of aliphatic hydroxyl groups is 1. The molecule has 0 saturated heterocycles. The van der Waals surface area contributed by atoms with E-state index in [-0.39, 0.29) is 17.9 Å². The molecule has 1 fully saturated rings. The van der Waals surface area contributed by atoms with Gasteiger partial charge in [0.1, 0.15) is 0 Å². The van der Waals surface area contributed by atoms with Crippen molar-refractivity contribution in [1.82, 2.24) is 5.32 Å². The number of carboxylic acid groups (broad SMARTS) is 1. The van der Waals surface area contributed by atoms with Crippen LogP contribution in [0.2, 0.25) is 0 Å². The van der Waals surface area contributed by atoms with Crippen LogP contribution in [0.25, 0.3) is 0 Å². The van der Waals surface area contributed by atoms with E-state index in [0.29, 0.717) is 12.1 Å². The van der Waals surface area contributed by atoms with Crippen LogP contribution < -0.4 is 5.32 Å². The molecule has 0 aromatic carbocycles. The summed E-state index contributed by atoms with van der Waals surface area (Å²) in [6.45, 7) is 0.468. The third kappa shape index (κ3) is 2.19. The molecule has 5 heteroatoms. The summed E-state index contributed by atoms with van der Waals surface area (Å²) in [6, 6.07) is 1.93. The predicted octanol–water partition coefficient (Wildman–Crippen LogP) is 0.591. The molecule has 2 rings (SSSR count). The van der Waals surface area contributed by atoms with Crippen molar-refractivity contribution in [2.45, 2.75) is 31.5 Å². The summed E-state index contributed by atoms with van der Waals surface area (Å²) in [5.74, 6) is -1.06. The Morgan fingerprint density at radius 2 is 2.33 bits per heavy atom. The topological polar surface area (TPSA) is 82.7 Å². The van der Waals surface area contributed by atoms with E-state index >= 15 is 0 Å². The molecule has 0 aliphatic heterocycles. The molecule has 15 heavy (non-hydrogen) atoms. The minimum Gasteiger partial charge on any atom is -0.475 e. The highest BCUT2D eigenvalue weighted by atomic mass is 16.4. The number of aliphatic hydroxyl groups excluding tert-OH is 1. The fourth-order valence-corrected chi connectivity index (χ4v) is 1.67. The van der Waals surface area contributed by atoms with Gasteiger partial charge in [0.15, 0.2) is 0 Å². The van der Waals surface area contributed by atoms with Gasteiger partial charge in [-0.2, -0.15) is 0 Å². The second kappa shape index (κ2) is 4.04. The van der Waals surface area contributed by atoms with Crippen molar-refractivity contribution in [3.63, 3.8) is 0 Å². The van der Waals surface area contributed by atoms with E-state index in [0.717, 1.165) is 12.8 Å². The Kier molecular flexibility index (Phi) is 2.75. The minimum absolute atomic E-state index is 0.0117. The van der Waals surface area contributed by atoms with Crippen molar-refractivity contribution in [2.24, 2.45) is 0 Å². The molecule has 1 aromatic rings. The van der Waals surface area contributed by atoms with E-state index in [1.807, 2.05) is 0 Å². The van der Waals surface area contributed by atoms with E-state index in [1.165, 1.54) is 6.26 Å². The summed E-state index contributed by atoms with van der Waals surface area (Å²) in [4.78, 5) is 10.7. The minimum atomic E-state index is -1.05. The molecule has 0 atom stereocenters. The molecular weight excluding hydrogens is 198 g/mol. The first kappa shape index (κ1) is 10.2. The summed E-state index contributed by atoms with van der Waals surface area (Å²) in [5, 5.41) is 21.0. The van der Waals surface area contributed by atoms with Gasteiger partial charge in [0.25, 0.3) is 0 Å². The largest absolute Gasteiger partial charge is 0.475 e. The van der Waals surface area contributed by atoms with E-state index in [9.17, 15) is 4.79 Å². The maximum absolute atomic E-state index is 10.7. The Morgan fingerprint density at radius 1 is 1.60 bits per heavy atom. The molecule has 0 spiro atoms. The van der Waals surface area contributed by atoms with Crippen molar-refractivity contribution in [1.29, 1.82) is 0 Å². The van der Waals surface area contributed by atoms with Crippen molar-refractivity contribution >= 4 is 5.97 Å². The van der Waals surface area contributed by atoms with Crippen LogP contribution in [-0.2, 0) is 6.54 Å². The molecule has 3 N–H and O–H groups in total. The van der Waals surface area contributed by atoms with Crippen molar-refractivity contribution in [3.05, 3.63) is 23.7 Å². The van der Waals surface area contributed by atoms with Crippen molar-refractivity contribution in [3.8, 4) is 0 Å². The molecule has 5 nitrogen and oxygen atoms in total. The number of aromatic carboxylic acids is 1. The Bertz CT molecular complexity index is 354. The summed E-state index contributed by atoms with van der Waals surface area (Å²) < 4.78 is 4.84. The SMILES string of the molecule is O=C(O)c1occc1CNC1CC(O)C1. The fraction of sp³-hybridized carbons (Fsp3) is 0.500. The van der Waals surface area contributed by atoms with Crippen molar-refractivity contribution < 1.29 is 19.4 Å². The molecule has 1 aromatic heterocycles. The van der Waals surface area contributed by atoms with Gasteiger partial charge in [-0.3, -0.25) is 0 Å².